The van der Waals surface area contributed by atoms with Crippen molar-refractivity contribution in [1.29, 1.82) is 0 Å². The molecule has 154 valence electrons. The Labute approximate surface area is 173 Å². The first kappa shape index (κ1) is 19.6. The molecule has 0 spiro atoms. The van der Waals surface area contributed by atoms with Gasteiger partial charge in [-0.15, -0.1) is 5.10 Å². The van der Waals surface area contributed by atoms with Crippen LogP contribution < -0.4 is 16.0 Å². The maximum Gasteiger partial charge on any atom is 0.168 e. The molecule has 2 aromatic heterocycles. The molecule has 2 aromatic rings. The van der Waals surface area contributed by atoms with Crippen LogP contribution in [0, 0.1) is 5.92 Å². The number of aromatic nitrogens is 3. The first-order valence-electron chi connectivity index (χ1n) is 10.6. The van der Waals surface area contributed by atoms with Gasteiger partial charge in [0.05, 0.1) is 5.56 Å². The molecule has 2 aliphatic rings. The van der Waals surface area contributed by atoms with Gasteiger partial charge >= 0.3 is 0 Å². The highest BCUT2D eigenvalue weighted by Crippen LogP contribution is 2.37. The smallest absolute Gasteiger partial charge is 0.168 e. The van der Waals surface area contributed by atoms with Crippen LogP contribution >= 0.6 is 0 Å². The van der Waals surface area contributed by atoms with Gasteiger partial charge in [-0.3, -0.25) is 0 Å². The molecule has 6 nitrogen and oxygen atoms in total. The minimum atomic E-state index is 0.424. The molecule has 2 bridgehead atoms. The van der Waals surface area contributed by atoms with E-state index in [-0.39, 0.29) is 0 Å². The third-order valence-corrected chi connectivity index (χ3v) is 6.43. The molecule has 0 radical (unpaired) electrons. The number of nitrogen functional groups attached to an aromatic ring is 1. The number of nitrogens with one attached hydrogen (secondary N) is 1. The summed E-state index contributed by atoms with van der Waals surface area (Å²) in [6, 6.07) is 2.48. The van der Waals surface area contributed by atoms with Crippen LogP contribution in [0.5, 0.6) is 0 Å². The third kappa shape index (κ3) is 3.63. The second-order valence-corrected chi connectivity index (χ2v) is 8.33. The molecule has 6 heteroatoms. The number of nitrogens with two attached hydrogens (primary N) is 1. The number of anilines is 2. The van der Waals surface area contributed by atoms with Gasteiger partial charge in [0.1, 0.15) is 5.82 Å². The van der Waals surface area contributed by atoms with Gasteiger partial charge in [0, 0.05) is 36.9 Å². The van der Waals surface area contributed by atoms with Crippen molar-refractivity contribution >= 4 is 23.0 Å². The summed E-state index contributed by atoms with van der Waals surface area (Å²) in [5.41, 5.74) is 11.3. The molecule has 0 aromatic carbocycles. The number of fused-ring (bicyclic) bond motifs is 3. The number of rotatable bonds is 2. The number of nitrogens with zero attached hydrogens (tertiary/aromatic N) is 4. The summed E-state index contributed by atoms with van der Waals surface area (Å²) in [6.45, 7) is 14.9. The summed E-state index contributed by atoms with van der Waals surface area (Å²) < 4.78 is 1.76. The Kier molecular flexibility index (Phi) is 5.35. The topological polar surface area (TPSA) is 71.5 Å². The van der Waals surface area contributed by atoms with Crippen molar-refractivity contribution in [3.63, 3.8) is 0 Å². The standard InChI is InChI=1S/C23H32N6/c1-5-15(2)14-18-16(3)8-6-11-25-17(4)21-22(24)27-29-13-10-20(26-23(21)29)28-12-7-9-19(18)28/h5,10,13,18-19,25H,3-4,6-9,11-12,14H2,1-2H3,(H2,24,27)/b15-5-. The van der Waals surface area contributed by atoms with Gasteiger partial charge in [0.2, 0.25) is 0 Å². The summed E-state index contributed by atoms with van der Waals surface area (Å²) in [6.07, 6.45) is 9.63. The predicted octanol–water partition coefficient (Wildman–Crippen LogP) is 4.16. The summed E-state index contributed by atoms with van der Waals surface area (Å²) in [7, 11) is 0. The predicted molar refractivity (Wildman–Crippen MR) is 121 cm³/mol. The van der Waals surface area contributed by atoms with E-state index in [0.717, 1.165) is 55.1 Å². The normalized spacial score (nSPS) is 23.5. The van der Waals surface area contributed by atoms with Crippen LogP contribution in [0.2, 0.25) is 0 Å². The lowest BCUT2D eigenvalue weighted by Gasteiger charge is -2.34. The van der Waals surface area contributed by atoms with E-state index >= 15 is 0 Å². The van der Waals surface area contributed by atoms with E-state index < -0.39 is 0 Å². The lowest BCUT2D eigenvalue weighted by atomic mass is 9.83. The van der Waals surface area contributed by atoms with Gasteiger partial charge in [-0.25, -0.2) is 9.50 Å². The Morgan fingerprint density at radius 3 is 3.00 bits per heavy atom. The van der Waals surface area contributed by atoms with Crippen molar-refractivity contribution < 1.29 is 0 Å². The van der Waals surface area contributed by atoms with Crippen LogP contribution in [0.1, 0.15) is 51.5 Å². The van der Waals surface area contributed by atoms with E-state index in [0.29, 0.717) is 17.8 Å². The highest BCUT2D eigenvalue weighted by molar-refractivity contribution is 5.81. The molecule has 2 atom stereocenters. The van der Waals surface area contributed by atoms with Crippen LogP contribution in [0.25, 0.3) is 11.3 Å². The fourth-order valence-corrected chi connectivity index (χ4v) is 4.73. The van der Waals surface area contributed by atoms with Gasteiger partial charge in [-0.1, -0.05) is 30.4 Å². The largest absolute Gasteiger partial charge is 0.385 e. The molecule has 4 heterocycles. The van der Waals surface area contributed by atoms with Gasteiger partial charge in [0.25, 0.3) is 0 Å². The maximum absolute atomic E-state index is 6.21. The van der Waals surface area contributed by atoms with Crippen molar-refractivity contribution in [2.24, 2.45) is 5.92 Å². The molecule has 3 N–H and O–H groups in total. The van der Waals surface area contributed by atoms with E-state index in [9.17, 15) is 0 Å². The van der Waals surface area contributed by atoms with Crippen LogP contribution in [0.3, 0.4) is 0 Å². The minimum absolute atomic E-state index is 0.424. The molecular formula is C23H32N6. The number of hydrogen-bond acceptors (Lipinski definition) is 5. The lowest BCUT2D eigenvalue weighted by molar-refractivity contribution is 0.456. The van der Waals surface area contributed by atoms with Gasteiger partial charge < -0.3 is 16.0 Å². The van der Waals surface area contributed by atoms with E-state index in [1.54, 1.807) is 4.52 Å². The molecule has 0 aliphatic carbocycles. The minimum Gasteiger partial charge on any atom is -0.385 e. The van der Waals surface area contributed by atoms with E-state index in [1.165, 1.54) is 24.0 Å². The average Bonchev–Trinajstić information content (AvgIpc) is 3.31. The summed E-state index contributed by atoms with van der Waals surface area (Å²) >= 11 is 0. The van der Waals surface area contributed by atoms with Gasteiger partial charge in [0.15, 0.2) is 11.5 Å². The van der Waals surface area contributed by atoms with E-state index in [2.05, 4.69) is 54.5 Å². The molecule has 2 aliphatic heterocycles. The fraction of sp³-hybridized carbons (Fsp3) is 0.478. The fourth-order valence-electron chi connectivity index (χ4n) is 4.73. The molecule has 0 amide bonds. The molecule has 1 saturated heterocycles. The lowest BCUT2D eigenvalue weighted by Crippen LogP contribution is -2.37. The van der Waals surface area contributed by atoms with Gasteiger partial charge in [-0.05, 0) is 52.0 Å². The maximum atomic E-state index is 6.21. The summed E-state index contributed by atoms with van der Waals surface area (Å²) in [4.78, 5) is 7.47. The Morgan fingerprint density at radius 2 is 2.21 bits per heavy atom. The number of allylic oxidation sites excluding steroid dienone is 2. The highest BCUT2D eigenvalue weighted by Gasteiger charge is 2.34. The Hall–Kier alpha value is -2.76. The molecule has 29 heavy (non-hydrogen) atoms. The zero-order valence-electron chi connectivity index (χ0n) is 17.6. The summed E-state index contributed by atoms with van der Waals surface area (Å²) in [5.74, 6) is 1.89. The molecular weight excluding hydrogens is 360 g/mol. The number of hydrogen-bond donors (Lipinski definition) is 2. The Bertz CT molecular complexity index is 969. The monoisotopic (exact) mass is 392 g/mol. The molecule has 2 unspecified atom stereocenters. The van der Waals surface area contributed by atoms with Crippen molar-refractivity contribution in [3.05, 3.63) is 48.2 Å². The van der Waals surface area contributed by atoms with Crippen molar-refractivity contribution in [1.82, 2.24) is 19.9 Å². The van der Waals surface area contributed by atoms with Crippen LogP contribution in [-0.2, 0) is 0 Å². The van der Waals surface area contributed by atoms with Crippen LogP contribution in [-0.4, -0.2) is 33.7 Å². The van der Waals surface area contributed by atoms with Crippen LogP contribution in [0.15, 0.2) is 42.6 Å². The van der Waals surface area contributed by atoms with E-state index in [1.807, 2.05) is 6.20 Å². The summed E-state index contributed by atoms with van der Waals surface area (Å²) in [5, 5.41) is 7.85. The first-order chi connectivity index (χ1) is 14.0. The SMILES string of the molecule is C=C1NCCCC(=C)C(C/C(C)=C\C)C2CCCN2c2ccn3nc(N)c1c3n2. The van der Waals surface area contributed by atoms with Gasteiger partial charge in [-0.2, -0.15) is 0 Å². The molecule has 1 fully saturated rings. The third-order valence-electron chi connectivity index (χ3n) is 6.43. The average molecular weight is 393 g/mol. The van der Waals surface area contributed by atoms with Crippen molar-refractivity contribution in [2.75, 3.05) is 23.7 Å². The first-order valence-corrected chi connectivity index (χ1v) is 10.6. The Morgan fingerprint density at radius 1 is 1.38 bits per heavy atom. The van der Waals surface area contributed by atoms with E-state index in [4.69, 9.17) is 10.7 Å². The quantitative estimate of drug-likeness (QED) is 0.751. The van der Waals surface area contributed by atoms with Crippen molar-refractivity contribution in [2.45, 2.75) is 52.0 Å². The highest BCUT2D eigenvalue weighted by atomic mass is 15.3. The zero-order chi connectivity index (χ0) is 20.5. The second kappa shape index (κ2) is 7.93. The Balaban J connectivity index is 1.80. The van der Waals surface area contributed by atoms with Crippen molar-refractivity contribution in [3.8, 4) is 0 Å². The zero-order valence-corrected chi connectivity index (χ0v) is 17.6. The molecule has 0 saturated carbocycles. The molecule has 4 rings (SSSR count). The second-order valence-electron chi connectivity index (χ2n) is 8.33. The van der Waals surface area contributed by atoms with Crippen LogP contribution in [0.4, 0.5) is 11.6 Å².